The Kier molecular flexibility index (Phi) is 3.85. The van der Waals surface area contributed by atoms with Crippen LogP contribution in [0.5, 0.6) is 11.5 Å². The van der Waals surface area contributed by atoms with Crippen molar-refractivity contribution in [1.29, 1.82) is 0 Å². The first-order valence-electron chi connectivity index (χ1n) is 5.61. The number of carbonyl (C=O) groups is 1. The molecule has 4 nitrogen and oxygen atoms in total. The number of rotatable bonds is 3. The van der Waals surface area contributed by atoms with Gasteiger partial charge in [-0.1, -0.05) is 15.9 Å². The van der Waals surface area contributed by atoms with E-state index in [9.17, 15) is 4.79 Å². The fourth-order valence-corrected chi connectivity index (χ4v) is 1.95. The number of pyridine rings is 1. The van der Waals surface area contributed by atoms with Gasteiger partial charge in [0.2, 0.25) is 0 Å². The summed E-state index contributed by atoms with van der Waals surface area (Å²) in [4.78, 5) is 14.9. The second-order valence-corrected chi connectivity index (χ2v) is 4.94. The summed E-state index contributed by atoms with van der Waals surface area (Å²) in [5.41, 5.74) is 2.10. The van der Waals surface area contributed by atoms with Gasteiger partial charge in [0.1, 0.15) is 17.1 Å². The van der Waals surface area contributed by atoms with E-state index in [4.69, 9.17) is 9.84 Å². The molecule has 0 saturated carbocycles. The highest BCUT2D eigenvalue weighted by molar-refractivity contribution is 9.10. The van der Waals surface area contributed by atoms with Crippen LogP contribution in [0, 0.1) is 13.8 Å². The summed E-state index contributed by atoms with van der Waals surface area (Å²) in [5, 5.41) is 9.07. The minimum absolute atomic E-state index is 0.0423. The highest BCUT2D eigenvalue weighted by Gasteiger charge is 2.12. The van der Waals surface area contributed by atoms with Crippen LogP contribution in [0.25, 0.3) is 0 Å². The normalized spacial score (nSPS) is 10.3. The Balaban J connectivity index is 2.39. The molecule has 0 aliphatic rings. The average molecular weight is 322 g/mol. The average Bonchev–Trinajstić information content (AvgIpc) is 2.36. The van der Waals surface area contributed by atoms with E-state index in [1.165, 1.54) is 18.5 Å². The van der Waals surface area contributed by atoms with Gasteiger partial charge in [-0.25, -0.2) is 4.79 Å². The van der Waals surface area contributed by atoms with E-state index in [0.29, 0.717) is 5.75 Å². The molecule has 1 N–H and O–H groups in total. The molecule has 2 aromatic rings. The Bertz CT molecular complexity index is 617. The van der Waals surface area contributed by atoms with Gasteiger partial charge in [-0.3, -0.25) is 4.98 Å². The summed E-state index contributed by atoms with van der Waals surface area (Å²) >= 11 is 3.48. The predicted molar refractivity (Wildman–Crippen MR) is 74.9 cm³/mol. The van der Waals surface area contributed by atoms with Crippen molar-refractivity contribution in [3.05, 3.63) is 51.8 Å². The fraction of sp³-hybridized carbons (Fsp3) is 0.143. The predicted octanol–water partition coefficient (Wildman–Crippen LogP) is 3.95. The smallest absolute Gasteiger partial charge is 0.341 e. The van der Waals surface area contributed by atoms with Gasteiger partial charge in [-0.2, -0.15) is 0 Å². The van der Waals surface area contributed by atoms with Crippen LogP contribution in [0.15, 0.2) is 35.1 Å². The van der Waals surface area contributed by atoms with Gasteiger partial charge in [0.15, 0.2) is 0 Å². The number of carboxylic acid groups (broad SMARTS) is 1. The molecule has 1 heterocycles. The van der Waals surface area contributed by atoms with Gasteiger partial charge in [0, 0.05) is 22.9 Å². The van der Waals surface area contributed by atoms with E-state index < -0.39 is 5.97 Å². The van der Waals surface area contributed by atoms with Crippen molar-refractivity contribution in [3.63, 3.8) is 0 Å². The molecule has 0 radical (unpaired) electrons. The monoisotopic (exact) mass is 321 g/mol. The van der Waals surface area contributed by atoms with Gasteiger partial charge in [-0.05, 0) is 37.1 Å². The number of nitrogens with zero attached hydrogens (tertiary/aromatic N) is 1. The van der Waals surface area contributed by atoms with E-state index in [-0.39, 0.29) is 11.3 Å². The molecule has 19 heavy (non-hydrogen) atoms. The summed E-state index contributed by atoms with van der Waals surface area (Å²) in [5.74, 6) is -0.177. The maximum Gasteiger partial charge on any atom is 0.341 e. The first kappa shape index (κ1) is 13.5. The van der Waals surface area contributed by atoms with Gasteiger partial charge in [-0.15, -0.1) is 0 Å². The van der Waals surface area contributed by atoms with Crippen molar-refractivity contribution in [2.24, 2.45) is 0 Å². The van der Waals surface area contributed by atoms with Crippen LogP contribution in [-0.2, 0) is 0 Å². The quantitative estimate of drug-likeness (QED) is 0.929. The first-order valence-corrected chi connectivity index (χ1v) is 6.40. The second kappa shape index (κ2) is 5.40. The molecule has 5 heteroatoms. The van der Waals surface area contributed by atoms with Crippen molar-refractivity contribution in [2.45, 2.75) is 13.8 Å². The third kappa shape index (κ3) is 2.93. The van der Waals surface area contributed by atoms with Crippen molar-refractivity contribution < 1.29 is 14.6 Å². The molecule has 0 aliphatic heterocycles. The summed E-state index contributed by atoms with van der Waals surface area (Å²) in [6, 6.07) is 5.24. The van der Waals surface area contributed by atoms with E-state index in [0.717, 1.165) is 15.6 Å². The van der Waals surface area contributed by atoms with E-state index in [1.807, 2.05) is 26.0 Å². The largest absolute Gasteiger partial charge is 0.477 e. The van der Waals surface area contributed by atoms with Crippen LogP contribution in [0.4, 0.5) is 0 Å². The number of carboxylic acids is 1. The maximum absolute atomic E-state index is 11.1. The highest BCUT2D eigenvalue weighted by Crippen LogP contribution is 2.30. The standard InChI is InChI=1S/C14H12BrNO3/c1-8-5-10(6-9(2)13(8)15)19-12-3-4-16-7-11(12)14(17)18/h3-7H,1-2H3,(H,17,18). The van der Waals surface area contributed by atoms with Crippen molar-refractivity contribution >= 4 is 21.9 Å². The lowest BCUT2D eigenvalue weighted by Crippen LogP contribution is -2.00. The molecule has 1 aromatic carbocycles. The van der Waals surface area contributed by atoms with Crippen molar-refractivity contribution in [2.75, 3.05) is 0 Å². The number of benzene rings is 1. The Hall–Kier alpha value is -1.88. The summed E-state index contributed by atoms with van der Waals surface area (Å²) in [6.45, 7) is 3.91. The van der Waals surface area contributed by atoms with Gasteiger partial charge >= 0.3 is 5.97 Å². The Morgan fingerprint density at radius 2 is 1.95 bits per heavy atom. The molecule has 0 saturated heterocycles. The number of ether oxygens (including phenoxy) is 1. The van der Waals surface area contributed by atoms with Gasteiger partial charge in [0.05, 0.1) is 0 Å². The molecular weight excluding hydrogens is 310 g/mol. The topological polar surface area (TPSA) is 59.4 Å². The van der Waals surface area contributed by atoms with E-state index in [2.05, 4.69) is 20.9 Å². The van der Waals surface area contributed by atoms with Crippen LogP contribution >= 0.6 is 15.9 Å². The third-order valence-corrected chi connectivity index (χ3v) is 3.90. The minimum Gasteiger partial charge on any atom is -0.477 e. The van der Waals surface area contributed by atoms with Crippen LogP contribution in [-0.4, -0.2) is 16.1 Å². The number of halogens is 1. The lowest BCUT2D eigenvalue weighted by Gasteiger charge is -2.11. The molecule has 1 aromatic heterocycles. The number of hydrogen-bond donors (Lipinski definition) is 1. The summed E-state index contributed by atoms with van der Waals surface area (Å²) in [7, 11) is 0. The van der Waals surface area contributed by atoms with Gasteiger partial charge < -0.3 is 9.84 Å². The minimum atomic E-state index is -1.06. The second-order valence-electron chi connectivity index (χ2n) is 4.15. The number of aromatic carboxylic acids is 1. The molecular formula is C14H12BrNO3. The van der Waals surface area contributed by atoms with Crippen LogP contribution in [0.3, 0.4) is 0 Å². The number of aromatic nitrogens is 1. The first-order chi connectivity index (χ1) is 8.99. The lowest BCUT2D eigenvalue weighted by atomic mass is 10.1. The molecule has 0 bridgehead atoms. The number of hydrogen-bond acceptors (Lipinski definition) is 3. The Morgan fingerprint density at radius 3 is 2.53 bits per heavy atom. The van der Waals surface area contributed by atoms with Gasteiger partial charge in [0.25, 0.3) is 0 Å². The van der Waals surface area contributed by atoms with Crippen molar-refractivity contribution in [1.82, 2.24) is 4.98 Å². The van der Waals surface area contributed by atoms with Crippen molar-refractivity contribution in [3.8, 4) is 11.5 Å². The Labute approximate surface area is 119 Å². The molecule has 0 amide bonds. The van der Waals surface area contributed by atoms with Crippen LogP contribution < -0.4 is 4.74 Å². The zero-order valence-corrected chi connectivity index (χ0v) is 12.1. The van der Waals surface area contributed by atoms with E-state index >= 15 is 0 Å². The SMILES string of the molecule is Cc1cc(Oc2ccncc2C(=O)O)cc(C)c1Br. The summed E-state index contributed by atoms with van der Waals surface area (Å²) in [6.07, 6.45) is 2.77. The molecule has 0 aliphatic carbocycles. The third-order valence-electron chi connectivity index (χ3n) is 2.65. The van der Waals surface area contributed by atoms with Crippen LogP contribution in [0.1, 0.15) is 21.5 Å². The molecule has 0 unspecified atom stereocenters. The van der Waals surface area contributed by atoms with Crippen LogP contribution in [0.2, 0.25) is 0 Å². The molecule has 98 valence electrons. The molecule has 0 spiro atoms. The lowest BCUT2D eigenvalue weighted by molar-refractivity contribution is 0.0693. The highest BCUT2D eigenvalue weighted by atomic mass is 79.9. The zero-order chi connectivity index (χ0) is 14.0. The Morgan fingerprint density at radius 1 is 1.32 bits per heavy atom. The maximum atomic E-state index is 11.1. The molecule has 2 rings (SSSR count). The fourth-order valence-electron chi connectivity index (χ4n) is 1.72. The zero-order valence-electron chi connectivity index (χ0n) is 10.5. The summed E-state index contributed by atoms with van der Waals surface area (Å²) < 4.78 is 6.67. The van der Waals surface area contributed by atoms with E-state index in [1.54, 1.807) is 0 Å². The molecule has 0 fully saturated rings. The molecule has 0 atom stereocenters. The number of aryl methyl sites for hydroxylation is 2.